The van der Waals surface area contributed by atoms with E-state index in [1.165, 1.54) is 5.56 Å². The van der Waals surface area contributed by atoms with Gasteiger partial charge < -0.3 is 0 Å². The van der Waals surface area contributed by atoms with Gasteiger partial charge in [0.15, 0.2) is 0 Å². The van der Waals surface area contributed by atoms with Crippen molar-refractivity contribution in [1.29, 1.82) is 0 Å². The van der Waals surface area contributed by atoms with Gasteiger partial charge in [-0.2, -0.15) is 0 Å². The number of nitrogens with zero attached hydrogens (tertiary/aromatic N) is 2. The molecular weight excluding hydrogens is 199 g/mol. The van der Waals surface area contributed by atoms with Gasteiger partial charge in [-0.15, -0.1) is 0 Å². The Labute approximate surface area is 75.9 Å². The average Bonchev–Trinajstić information content (AvgIpc) is 1.98. The molecule has 1 rings (SSSR count). The molecule has 0 fully saturated rings. The van der Waals surface area contributed by atoms with Crippen LogP contribution in [0, 0.1) is 6.92 Å². The summed E-state index contributed by atoms with van der Waals surface area (Å²) in [5.74, 6) is 0. The van der Waals surface area contributed by atoms with Gasteiger partial charge in [0.2, 0.25) is 0 Å². The minimum atomic E-state index is 1.00. The molecule has 0 amide bonds. The van der Waals surface area contributed by atoms with Crippen LogP contribution in [0.5, 0.6) is 0 Å². The Bertz CT molecular complexity index is 248. The Hall–Kier alpha value is -0.362. The summed E-state index contributed by atoms with van der Waals surface area (Å²) in [7, 11) is 0. The Morgan fingerprint density at radius 2 is 2.18 bits per heavy atom. The van der Waals surface area contributed by atoms with Crippen LogP contribution >= 0.6 is 0 Å². The molecule has 0 saturated carbocycles. The number of aromatic nitrogens is 2. The van der Waals surface area contributed by atoms with Crippen LogP contribution in [0.2, 0.25) is 0 Å². The van der Waals surface area contributed by atoms with Crippen molar-refractivity contribution >= 4 is 21.3 Å². The fourth-order valence-corrected chi connectivity index (χ4v) is 1.45. The summed E-state index contributed by atoms with van der Waals surface area (Å²) in [5, 5.41) is 7.98. The van der Waals surface area contributed by atoms with Crippen LogP contribution in [0.3, 0.4) is 0 Å². The maximum absolute atomic E-state index is 4.02. The van der Waals surface area contributed by atoms with E-state index >= 15 is 0 Å². The second-order valence-electron chi connectivity index (χ2n) is 2.58. The van der Waals surface area contributed by atoms with Crippen LogP contribution in [0.15, 0.2) is 6.07 Å². The molecule has 11 heavy (non-hydrogen) atoms. The van der Waals surface area contributed by atoms with E-state index in [9.17, 15) is 0 Å². The van der Waals surface area contributed by atoms with E-state index in [2.05, 4.69) is 40.0 Å². The molecule has 0 aromatic carbocycles. The molecule has 0 aliphatic heterocycles. The van der Waals surface area contributed by atoms with Crippen molar-refractivity contribution in [3.05, 3.63) is 17.3 Å². The van der Waals surface area contributed by atoms with Gasteiger partial charge in [0, 0.05) is 0 Å². The third-order valence-corrected chi connectivity index (χ3v) is 2.28. The standard InChI is InChI=1S/C8H11AsN2/c1-3-4-7-5-6(2)10-11-8(7)9/h5H,3-4H2,1-2H3. The zero-order chi connectivity index (χ0) is 8.27. The summed E-state index contributed by atoms with van der Waals surface area (Å²) in [6, 6.07) is 2.10. The maximum atomic E-state index is 4.02. The molecule has 1 heterocycles. The molecule has 2 radical (unpaired) electrons. The fourth-order valence-electron chi connectivity index (χ4n) is 0.989. The zero-order valence-electron chi connectivity index (χ0n) is 6.83. The second kappa shape index (κ2) is 3.87. The molecule has 3 heteroatoms. The number of hydrogen-bond acceptors (Lipinski definition) is 2. The van der Waals surface area contributed by atoms with Gasteiger partial charge in [-0.25, -0.2) is 0 Å². The van der Waals surface area contributed by atoms with Gasteiger partial charge in [-0.1, -0.05) is 0 Å². The predicted octanol–water partition coefficient (Wildman–Crippen LogP) is 0.531. The first-order valence-electron chi connectivity index (χ1n) is 3.76. The van der Waals surface area contributed by atoms with E-state index < -0.39 is 0 Å². The summed E-state index contributed by atoms with van der Waals surface area (Å²) in [4.78, 5) is 0. The van der Waals surface area contributed by atoms with Crippen molar-refractivity contribution < 1.29 is 0 Å². The van der Waals surface area contributed by atoms with Gasteiger partial charge in [-0.3, -0.25) is 0 Å². The van der Waals surface area contributed by atoms with E-state index in [1.54, 1.807) is 0 Å². The summed E-state index contributed by atoms with van der Waals surface area (Å²) in [6.07, 6.45) is 2.26. The topological polar surface area (TPSA) is 25.8 Å². The number of hydrogen-bond donors (Lipinski definition) is 0. The first kappa shape index (κ1) is 8.73. The number of rotatable bonds is 2. The minimum absolute atomic E-state index is 1.00. The van der Waals surface area contributed by atoms with Gasteiger partial charge in [0.05, 0.1) is 0 Å². The van der Waals surface area contributed by atoms with Crippen LogP contribution < -0.4 is 4.48 Å². The molecule has 2 nitrogen and oxygen atoms in total. The molecule has 1 aromatic rings. The van der Waals surface area contributed by atoms with Crippen molar-refractivity contribution in [2.24, 2.45) is 0 Å². The van der Waals surface area contributed by atoms with E-state index in [4.69, 9.17) is 0 Å². The Balaban J connectivity index is 2.93. The van der Waals surface area contributed by atoms with Crippen molar-refractivity contribution in [3.8, 4) is 0 Å². The zero-order valence-corrected chi connectivity index (χ0v) is 8.71. The van der Waals surface area contributed by atoms with E-state index in [0.717, 1.165) is 23.0 Å². The Morgan fingerprint density at radius 1 is 1.45 bits per heavy atom. The molecule has 0 aliphatic rings. The molecule has 0 unspecified atom stereocenters. The number of aryl methyl sites for hydroxylation is 2. The third kappa shape index (κ3) is 2.30. The molecule has 58 valence electrons. The van der Waals surface area contributed by atoms with Crippen molar-refractivity contribution in [3.63, 3.8) is 0 Å². The molecule has 0 N–H and O–H groups in total. The summed E-state index contributed by atoms with van der Waals surface area (Å²) >= 11 is 2.46. The van der Waals surface area contributed by atoms with E-state index in [-0.39, 0.29) is 0 Å². The van der Waals surface area contributed by atoms with Crippen molar-refractivity contribution in [1.82, 2.24) is 10.2 Å². The Kier molecular flexibility index (Phi) is 3.07. The van der Waals surface area contributed by atoms with E-state index in [1.807, 2.05) is 6.92 Å². The molecule has 0 aliphatic carbocycles. The molecule has 0 atom stereocenters. The first-order valence-corrected chi connectivity index (χ1v) is 4.70. The van der Waals surface area contributed by atoms with Crippen LogP contribution in [0.25, 0.3) is 0 Å². The molecule has 1 aromatic heterocycles. The van der Waals surface area contributed by atoms with Gasteiger partial charge in [-0.05, 0) is 0 Å². The third-order valence-electron chi connectivity index (χ3n) is 1.49. The average molecular weight is 210 g/mol. The van der Waals surface area contributed by atoms with E-state index in [0.29, 0.717) is 0 Å². The summed E-state index contributed by atoms with van der Waals surface area (Å²) < 4.78 is 1.00. The van der Waals surface area contributed by atoms with Gasteiger partial charge >= 0.3 is 75.5 Å². The van der Waals surface area contributed by atoms with Gasteiger partial charge in [0.25, 0.3) is 0 Å². The first-order chi connectivity index (χ1) is 5.24. The quantitative estimate of drug-likeness (QED) is 0.665. The van der Waals surface area contributed by atoms with Crippen LogP contribution in [-0.4, -0.2) is 27.1 Å². The second-order valence-corrected chi connectivity index (χ2v) is 3.47. The molecule has 0 saturated heterocycles. The molecular formula is C8H11AsN2. The van der Waals surface area contributed by atoms with Gasteiger partial charge in [0.1, 0.15) is 0 Å². The SMILES string of the molecule is CCCc1cc(C)nnc1[As]. The van der Waals surface area contributed by atoms with Crippen LogP contribution in [-0.2, 0) is 6.42 Å². The molecule has 0 spiro atoms. The van der Waals surface area contributed by atoms with Crippen molar-refractivity contribution in [2.75, 3.05) is 0 Å². The normalized spacial score (nSPS) is 10.1. The van der Waals surface area contributed by atoms with Crippen LogP contribution in [0.4, 0.5) is 0 Å². The fraction of sp³-hybridized carbons (Fsp3) is 0.500. The summed E-state index contributed by atoms with van der Waals surface area (Å²) in [5.41, 5.74) is 2.31. The molecule has 0 bridgehead atoms. The van der Waals surface area contributed by atoms with Crippen molar-refractivity contribution in [2.45, 2.75) is 26.7 Å². The Morgan fingerprint density at radius 3 is 2.82 bits per heavy atom. The monoisotopic (exact) mass is 210 g/mol. The van der Waals surface area contributed by atoms with Crippen LogP contribution in [0.1, 0.15) is 24.6 Å². The predicted molar refractivity (Wildman–Crippen MR) is 46.2 cm³/mol. The summed E-state index contributed by atoms with van der Waals surface area (Å²) in [6.45, 7) is 4.14.